The summed E-state index contributed by atoms with van der Waals surface area (Å²) in [6, 6.07) is 12.0. The van der Waals surface area contributed by atoms with Gasteiger partial charge in [0.05, 0.1) is 29.7 Å². The first-order chi connectivity index (χ1) is 13.9. The summed E-state index contributed by atoms with van der Waals surface area (Å²) in [6.07, 6.45) is 1.68. The number of nitrogens with zero attached hydrogens (tertiary/aromatic N) is 2. The van der Waals surface area contributed by atoms with Crippen molar-refractivity contribution in [2.24, 2.45) is 5.92 Å². The van der Waals surface area contributed by atoms with Gasteiger partial charge < -0.3 is 10.6 Å². The van der Waals surface area contributed by atoms with E-state index in [0.29, 0.717) is 34.6 Å². The van der Waals surface area contributed by atoms with Gasteiger partial charge in [0.1, 0.15) is 0 Å². The van der Waals surface area contributed by atoms with E-state index in [4.69, 9.17) is 0 Å². The van der Waals surface area contributed by atoms with Crippen molar-refractivity contribution in [3.05, 3.63) is 70.3 Å². The van der Waals surface area contributed by atoms with Crippen LogP contribution in [0.5, 0.6) is 0 Å². The second-order valence-electron chi connectivity index (χ2n) is 7.69. The van der Waals surface area contributed by atoms with Crippen LogP contribution in [0.3, 0.4) is 0 Å². The second kappa shape index (κ2) is 7.50. The average molecular weight is 390 g/mol. The molecule has 2 amide bonds. The molecule has 3 aromatic rings. The van der Waals surface area contributed by atoms with Crippen LogP contribution in [-0.4, -0.2) is 21.4 Å². The summed E-state index contributed by atoms with van der Waals surface area (Å²) in [5, 5.41) is 6.13. The van der Waals surface area contributed by atoms with E-state index in [1.54, 1.807) is 41.2 Å². The quantitative estimate of drug-likeness (QED) is 0.701. The van der Waals surface area contributed by atoms with E-state index in [2.05, 4.69) is 15.6 Å². The highest BCUT2D eigenvalue weighted by Crippen LogP contribution is 2.28. The number of aromatic nitrogens is 2. The zero-order valence-electron chi connectivity index (χ0n) is 16.3. The minimum absolute atomic E-state index is 0.116. The molecule has 7 nitrogen and oxygen atoms in total. The fourth-order valence-electron chi connectivity index (χ4n) is 3.64. The van der Waals surface area contributed by atoms with Crippen LogP contribution < -0.4 is 16.2 Å². The van der Waals surface area contributed by atoms with Crippen LogP contribution in [0.25, 0.3) is 10.9 Å². The zero-order valence-corrected chi connectivity index (χ0v) is 16.3. The van der Waals surface area contributed by atoms with Gasteiger partial charge in [0.2, 0.25) is 5.91 Å². The first-order valence-corrected chi connectivity index (χ1v) is 9.61. The Morgan fingerprint density at radius 1 is 1.21 bits per heavy atom. The van der Waals surface area contributed by atoms with Gasteiger partial charge in [-0.25, -0.2) is 4.98 Å². The van der Waals surface area contributed by atoms with Crippen molar-refractivity contribution in [2.45, 2.75) is 32.9 Å². The fraction of sp³-hybridized carbons (Fsp3) is 0.273. The van der Waals surface area contributed by atoms with Crippen LogP contribution >= 0.6 is 0 Å². The number of nitrogens with one attached hydrogen (secondary N) is 2. The number of anilines is 1. The molecule has 2 N–H and O–H groups in total. The van der Waals surface area contributed by atoms with Gasteiger partial charge in [0, 0.05) is 17.8 Å². The summed E-state index contributed by atoms with van der Waals surface area (Å²) >= 11 is 0. The molecule has 0 aliphatic carbocycles. The van der Waals surface area contributed by atoms with Gasteiger partial charge in [0.15, 0.2) is 0 Å². The second-order valence-corrected chi connectivity index (χ2v) is 7.69. The molecule has 2 aromatic carbocycles. The number of hydrogen-bond acceptors (Lipinski definition) is 4. The molecule has 0 saturated heterocycles. The molecule has 1 aliphatic heterocycles. The van der Waals surface area contributed by atoms with E-state index in [-0.39, 0.29) is 29.8 Å². The lowest BCUT2D eigenvalue weighted by molar-refractivity contribution is -0.116. The number of hydrogen-bond donors (Lipinski definition) is 2. The van der Waals surface area contributed by atoms with Gasteiger partial charge in [0.25, 0.3) is 11.5 Å². The summed E-state index contributed by atoms with van der Waals surface area (Å²) < 4.78 is 1.59. The highest BCUT2D eigenvalue weighted by atomic mass is 16.2. The maximum Gasteiger partial charge on any atom is 0.261 e. The number of amides is 2. The molecule has 0 saturated carbocycles. The molecule has 1 aliphatic rings. The Hall–Kier alpha value is -3.48. The zero-order chi connectivity index (χ0) is 20.5. The van der Waals surface area contributed by atoms with E-state index in [9.17, 15) is 14.4 Å². The SMILES string of the molecule is CC(C)Cn1cnc2ccc(NC(=O)C[C@@H]3NC(=O)c4ccccc43)cc2c1=O. The third-order valence-corrected chi connectivity index (χ3v) is 4.95. The van der Waals surface area contributed by atoms with Crippen molar-refractivity contribution in [1.82, 2.24) is 14.9 Å². The maximum absolute atomic E-state index is 12.7. The molecular weight excluding hydrogens is 368 g/mol. The first-order valence-electron chi connectivity index (χ1n) is 9.61. The molecule has 1 aromatic heterocycles. The highest BCUT2D eigenvalue weighted by molar-refractivity contribution is 6.01. The predicted octanol–water partition coefficient (Wildman–Crippen LogP) is 2.87. The average Bonchev–Trinajstić information content (AvgIpc) is 3.00. The molecule has 148 valence electrons. The van der Waals surface area contributed by atoms with Gasteiger partial charge in [-0.15, -0.1) is 0 Å². The van der Waals surface area contributed by atoms with Crippen LogP contribution in [0.4, 0.5) is 5.69 Å². The van der Waals surface area contributed by atoms with Gasteiger partial charge in [-0.2, -0.15) is 0 Å². The molecule has 7 heteroatoms. The highest BCUT2D eigenvalue weighted by Gasteiger charge is 2.29. The molecule has 29 heavy (non-hydrogen) atoms. The summed E-state index contributed by atoms with van der Waals surface area (Å²) in [5.74, 6) is -0.0852. The van der Waals surface area contributed by atoms with E-state index >= 15 is 0 Å². The topological polar surface area (TPSA) is 93.1 Å². The molecule has 4 rings (SSSR count). The van der Waals surface area contributed by atoms with Crippen LogP contribution in [0.2, 0.25) is 0 Å². The summed E-state index contributed by atoms with van der Waals surface area (Å²) in [5.41, 5.74) is 2.42. The third kappa shape index (κ3) is 3.76. The molecule has 0 radical (unpaired) electrons. The van der Waals surface area contributed by atoms with Crippen molar-refractivity contribution >= 4 is 28.4 Å². The first kappa shape index (κ1) is 18.9. The molecule has 0 unspecified atom stereocenters. The van der Waals surface area contributed by atoms with Crippen LogP contribution in [0.15, 0.2) is 53.6 Å². The van der Waals surface area contributed by atoms with Crippen molar-refractivity contribution < 1.29 is 9.59 Å². The molecule has 0 fully saturated rings. The Morgan fingerprint density at radius 2 is 2.00 bits per heavy atom. The standard InChI is InChI=1S/C22H22N4O3/c1-13(2)11-26-12-23-18-8-7-14(9-17(18)22(26)29)24-20(27)10-19-15-5-3-4-6-16(15)21(28)25-19/h3-9,12-13,19H,10-11H2,1-2H3,(H,24,27)(H,25,28)/t19-/m0/s1. The van der Waals surface area contributed by atoms with Gasteiger partial charge in [-0.1, -0.05) is 32.0 Å². The molecular formula is C22H22N4O3. The van der Waals surface area contributed by atoms with Crippen molar-refractivity contribution in [2.75, 3.05) is 5.32 Å². The minimum Gasteiger partial charge on any atom is -0.345 e. The number of rotatable bonds is 5. The van der Waals surface area contributed by atoms with E-state index in [0.717, 1.165) is 5.56 Å². The van der Waals surface area contributed by atoms with Crippen molar-refractivity contribution in [3.8, 4) is 0 Å². The van der Waals surface area contributed by atoms with Crippen molar-refractivity contribution in [1.29, 1.82) is 0 Å². The summed E-state index contributed by atoms with van der Waals surface area (Å²) in [7, 11) is 0. The number of carbonyl (C=O) groups is 2. The van der Waals surface area contributed by atoms with Crippen LogP contribution in [0, 0.1) is 5.92 Å². The number of benzene rings is 2. The predicted molar refractivity (Wildman–Crippen MR) is 111 cm³/mol. The third-order valence-electron chi connectivity index (χ3n) is 4.95. The van der Waals surface area contributed by atoms with E-state index in [1.807, 2.05) is 26.0 Å². The molecule has 0 bridgehead atoms. The molecule has 1 atom stereocenters. The Kier molecular flexibility index (Phi) is 4.88. The number of fused-ring (bicyclic) bond motifs is 2. The summed E-state index contributed by atoms with van der Waals surface area (Å²) in [6.45, 7) is 4.65. The summed E-state index contributed by atoms with van der Waals surface area (Å²) in [4.78, 5) is 41.6. The fourth-order valence-corrected chi connectivity index (χ4v) is 3.64. The van der Waals surface area contributed by atoms with Gasteiger partial charge in [-0.05, 0) is 35.7 Å². The smallest absolute Gasteiger partial charge is 0.261 e. The van der Waals surface area contributed by atoms with Crippen LogP contribution in [-0.2, 0) is 11.3 Å². The lowest BCUT2D eigenvalue weighted by Gasteiger charge is -2.13. The normalized spacial score (nSPS) is 15.4. The Morgan fingerprint density at radius 3 is 2.79 bits per heavy atom. The lowest BCUT2D eigenvalue weighted by atomic mass is 10.0. The Bertz CT molecular complexity index is 1170. The van der Waals surface area contributed by atoms with Crippen LogP contribution in [0.1, 0.15) is 42.2 Å². The minimum atomic E-state index is -0.357. The molecule has 2 heterocycles. The van der Waals surface area contributed by atoms with E-state index < -0.39 is 0 Å². The largest absolute Gasteiger partial charge is 0.345 e. The van der Waals surface area contributed by atoms with Gasteiger partial charge in [-0.3, -0.25) is 19.0 Å². The Labute approximate surface area is 167 Å². The molecule has 0 spiro atoms. The lowest BCUT2D eigenvalue weighted by Crippen LogP contribution is -2.24. The van der Waals surface area contributed by atoms with Crippen molar-refractivity contribution in [3.63, 3.8) is 0 Å². The Balaban J connectivity index is 1.53. The maximum atomic E-state index is 12.7. The van der Waals surface area contributed by atoms with E-state index in [1.165, 1.54) is 0 Å². The monoisotopic (exact) mass is 390 g/mol. The number of carbonyl (C=O) groups excluding carboxylic acids is 2. The van der Waals surface area contributed by atoms with Gasteiger partial charge >= 0.3 is 0 Å².